The van der Waals surface area contributed by atoms with Gasteiger partial charge in [0.1, 0.15) is 11.7 Å². The number of nitrogens with one attached hydrogen (secondary N) is 1. The Kier molecular flexibility index (Phi) is 5.87. The number of hydrogen-bond acceptors (Lipinski definition) is 4. The molecule has 0 unspecified atom stereocenters. The monoisotopic (exact) mass is 390 g/mol. The minimum Gasteiger partial charge on any atom is -0.363 e. The first kappa shape index (κ1) is 20.0. The number of aromatic nitrogens is 2. The van der Waals surface area contributed by atoms with Gasteiger partial charge in [-0.3, -0.25) is 19.1 Å². The molecule has 29 heavy (non-hydrogen) atoms. The van der Waals surface area contributed by atoms with Gasteiger partial charge in [0.15, 0.2) is 0 Å². The van der Waals surface area contributed by atoms with Crippen molar-refractivity contribution >= 4 is 17.6 Å². The normalized spacial score (nSPS) is 11.7. The van der Waals surface area contributed by atoms with Crippen LogP contribution in [0.1, 0.15) is 21.5 Å². The number of carbonyl (C=O) groups excluding carboxylic acids is 3. The van der Waals surface area contributed by atoms with Crippen LogP contribution in [0.2, 0.25) is 0 Å². The summed E-state index contributed by atoms with van der Waals surface area (Å²) in [5, 5.41) is 7.05. The van der Waals surface area contributed by atoms with Gasteiger partial charge in [-0.05, 0) is 18.6 Å². The fraction of sp³-hybridized carbons (Fsp3) is 0.182. The maximum Gasteiger partial charge on any atom is 0.287 e. The first-order chi connectivity index (χ1) is 13.8. The number of benzene rings is 2. The molecular weight excluding hydrogens is 368 g/mol. The zero-order valence-electron chi connectivity index (χ0n) is 16.3. The van der Waals surface area contributed by atoms with Crippen LogP contribution >= 0.6 is 0 Å². The number of ketones is 1. The number of aryl methyl sites for hydroxylation is 2. The predicted molar refractivity (Wildman–Crippen MR) is 109 cm³/mol. The van der Waals surface area contributed by atoms with Crippen LogP contribution < -0.4 is 11.1 Å². The van der Waals surface area contributed by atoms with Crippen molar-refractivity contribution < 1.29 is 14.4 Å². The van der Waals surface area contributed by atoms with Crippen molar-refractivity contribution in [3.63, 3.8) is 0 Å². The largest absolute Gasteiger partial charge is 0.363 e. The van der Waals surface area contributed by atoms with Gasteiger partial charge in [0.25, 0.3) is 11.8 Å². The number of carbonyl (C=O) groups is 3. The zero-order chi connectivity index (χ0) is 21.0. The Morgan fingerprint density at radius 3 is 2.48 bits per heavy atom. The van der Waals surface area contributed by atoms with E-state index in [1.165, 1.54) is 4.68 Å². The van der Waals surface area contributed by atoms with E-state index in [4.69, 9.17) is 5.73 Å². The summed E-state index contributed by atoms with van der Waals surface area (Å²) in [6.45, 7) is 1.95. The maximum atomic E-state index is 13.0. The zero-order valence-corrected chi connectivity index (χ0v) is 16.3. The average molecular weight is 390 g/mol. The smallest absolute Gasteiger partial charge is 0.287 e. The fourth-order valence-electron chi connectivity index (χ4n) is 3.13. The van der Waals surface area contributed by atoms with Crippen LogP contribution in [0.15, 0.2) is 60.8 Å². The Balaban J connectivity index is 1.90. The van der Waals surface area contributed by atoms with Crippen LogP contribution in [-0.4, -0.2) is 33.4 Å². The molecule has 2 amide bonds. The van der Waals surface area contributed by atoms with Crippen molar-refractivity contribution in [2.24, 2.45) is 12.8 Å². The lowest BCUT2D eigenvalue weighted by Crippen LogP contribution is -2.47. The summed E-state index contributed by atoms with van der Waals surface area (Å²) < 4.78 is 1.54. The molecule has 1 atom stereocenters. The number of nitrogens with two attached hydrogens (primary N) is 1. The Labute approximate surface area is 168 Å². The summed E-state index contributed by atoms with van der Waals surface area (Å²) in [4.78, 5) is 36.8. The van der Waals surface area contributed by atoms with Crippen LogP contribution in [0.25, 0.3) is 11.3 Å². The van der Waals surface area contributed by atoms with Gasteiger partial charge < -0.3 is 11.1 Å². The molecule has 0 saturated carbocycles. The van der Waals surface area contributed by atoms with E-state index < -0.39 is 23.6 Å². The number of primary amides is 1. The molecule has 0 aliphatic heterocycles. The molecule has 1 aromatic heterocycles. The highest BCUT2D eigenvalue weighted by Gasteiger charge is 2.27. The predicted octanol–water partition coefficient (Wildman–Crippen LogP) is 1.79. The van der Waals surface area contributed by atoms with E-state index in [9.17, 15) is 14.4 Å². The highest BCUT2D eigenvalue weighted by molar-refractivity contribution is 6.38. The molecule has 148 valence electrons. The molecule has 0 spiro atoms. The second-order valence-corrected chi connectivity index (χ2v) is 6.88. The summed E-state index contributed by atoms with van der Waals surface area (Å²) in [5.41, 5.74) is 8.63. The third kappa shape index (κ3) is 4.76. The minimum absolute atomic E-state index is 0.161. The van der Waals surface area contributed by atoms with Gasteiger partial charge in [-0.1, -0.05) is 54.1 Å². The van der Waals surface area contributed by atoms with Gasteiger partial charge in [-0.2, -0.15) is 5.10 Å². The maximum absolute atomic E-state index is 13.0. The molecule has 0 aliphatic carbocycles. The third-order valence-corrected chi connectivity index (χ3v) is 4.51. The van der Waals surface area contributed by atoms with Crippen molar-refractivity contribution in [3.8, 4) is 11.3 Å². The Morgan fingerprint density at radius 1 is 1.10 bits per heavy atom. The second kappa shape index (κ2) is 8.52. The van der Waals surface area contributed by atoms with Gasteiger partial charge in [-0.15, -0.1) is 0 Å². The van der Waals surface area contributed by atoms with E-state index in [1.54, 1.807) is 13.2 Å². The molecule has 3 N–H and O–H groups in total. The van der Waals surface area contributed by atoms with E-state index >= 15 is 0 Å². The summed E-state index contributed by atoms with van der Waals surface area (Å²) >= 11 is 0. The molecule has 7 heteroatoms. The van der Waals surface area contributed by atoms with Crippen molar-refractivity contribution in [2.75, 3.05) is 0 Å². The molecule has 3 aromatic rings. The van der Waals surface area contributed by atoms with E-state index in [0.717, 1.165) is 16.7 Å². The lowest BCUT2D eigenvalue weighted by molar-refractivity contribution is -0.137. The van der Waals surface area contributed by atoms with Crippen molar-refractivity contribution in [1.82, 2.24) is 15.1 Å². The molecular formula is C22H22N4O3. The lowest BCUT2D eigenvalue weighted by Gasteiger charge is -2.16. The molecule has 0 fully saturated rings. The molecule has 0 saturated heterocycles. The first-order valence-corrected chi connectivity index (χ1v) is 9.14. The summed E-state index contributed by atoms with van der Waals surface area (Å²) in [7, 11) is 1.71. The summed E-state index contributed by atoms with van der Waals surface area (Å²) in [5.74, 6) is -2.43. The Hall–Kier alpha value is -3.74. The molecule has 0 radical (unpaired) electrons. The van der Waals surface area contributed by atoms with Crippen LogP contribution in [0.3, 0.4) is 0 Å². The van der Waals surface area contributed by atoms with Gasteiger partial charge in [0.05, 0.1) is 5.56 Å². The van der Waals surface area contributed by atoms with Crippen LogP contribution in [-0.2, 0) is 23.1 Å². The van der Waals surface area contributed by atoms with Crippen LogP contribution in [0.4, 0.5) is 0 Å². The van der Waals surface area contributed by atoms with Gasteiger partial charge in [-0.25, -0.2) is 0 Å². The summed E-state index contributed by atoms with van der Waals surface area (Å²) in [6, 6.07) is 15.7. The highest BCUT2D eigenvalue weighted by atomic mass is 16.2. The fourth-order valence-corrected chi connectivity index (χ4v) is 3.13. The average Bonchev–Trinajstić information content (AvgIpc) is 3.09. The van der Waals surface area contributed by atoms with E-state index in [2.05, 4.69) is 10.4 Å². The van der Waals surface area contributed by atoms with Gasteiger partial charge >= 0.3 is 0 Å². The van der Waals surface area contributed by atoms with Crippen molar-refractivity contribution in [2.45, 2.75) is 19.4 Å². The molecule has 3 rings (SSSR count). The van der Waals surface area contributed by atoms with Crippen LogP contribution in [0.5, 0.6) is 0 Å². The third-order valence-electron chi connectivity index (χ3n) is 4.51. The Morgan fingerprint density at radius 2 is 1.83 bits per heavy atom. The Bertz CT molecular complexity index is 1060. The standard InChI is InChI=1S/C22H22N4O3/c1-14-7-6-10-16(11-14)19-17(13-26(2)25-19)22(29)24-18(20(27)21(23)28)12-15-8-4-3-5-9-15/h3-11,13,18H,12H2,1-2H3,(H2,23,28)(H,24,29)/t18-/m0/s1. The number of amides is 2. The highest BCUT2D eigenvalue weighted by Crippen LogP contribution is 2.23. The van der Waals surface area contributed by atoms with Gasteiger partial charge in [0.2, 0.25) is 5.78 Å². The minimum atomic E-state index is -1.09. The topological polar surface area (TPSA) is 107 Å². The molecule has 0 bridgehead atoms. The van der Waals surface area contributed by atoms with Crippen LogP contribution in [0, 0.1) is 6.92 Å². The lowest BCUT2D eigenvalue weighted by atomic mass is 10.0. The number of Topliss-reactive ketones (excluding diaryl/α,β-unsaturated/α-hetero) is 1. The van der Waals surface area contributed by atoms with E-state index in [0.29, 0.717) is 11.3 Å². The van der Waals surface area contributed by atoms with Gasteiger partial charge in [0, 0.05) is 25.2 Å². The SMILES string of the molecule is Cc1cccc(-c2nn(C)cc2C(=O)N[C@@H](Cc2ccccc2)C(=O)C(N)=O)c1. The number of rotatable bonds is 7. The first-order valence-electron chi connectivity index (χ1n) is 9.14. The molecule has 1 heterocycles. The molecule has 2 aromatic carbocycles. The number of hydrogen-bond donors (Lipinski definition) is 2. The quantitative estimate of drug-likeness (QED) is 0.600. The molecule has 0 aliphatic rings. The molecule has 7 nitrogen and oxygen atoms in total. The summed E-state index contributed by atoms with van der Waals surface area (Å²) in [6.07, 6.45) is 1.75. The van der Waals surface area contributed by atoms with E-state index in [-0.39, 0.29) is 6.42 Å². The van der Waals surface area contributed by atoms with Crippen molar-refractivity contribution in [3.05, 3.63) is 77.5 Å². The second-order valence-electron chi connectivity index (χ2n) is 6.88. The number of nitrogens with zero attached hydrogens (tertiary/aromatic N) is 2. The van der Waals surface area contributed by atoms with E-state index in [1.807, 2.05) is 61.5 Å². The van der Waals surface area contributed by atoms with Crippen molar-refractivity contribution in [1.29, 1.82) is 0 Å².